The van der Waals surface area contributed by atoms with Crippen LogP contribution < -0.4 is 27.4 Å². The second kappa shape index (κ2) is 13.5. The van der Waals surface area contributed by atoms with Crippen molar-refractivity contribution in [3.05, 3.63) is 0 Å². The van der Waals surface area contributed by atoms with Crippen molar-refractivity contribution < 1.29 is 54.0 Å². The number of carbonyl (C=O) groups excluding carboxylic acids is 4. The summed E-state index contributed by atoms with van der Waals surface area (Å²) in [6.45, 7) is -1.05. The highest BCUT2D eigenvalue weighted by Crippen LogP contribution is 2.00. The number of aliphatic hydroxyl groups is 1. The lowest BCUT2D eigenvalue weighted by Crippen LogP contribution is -2.58. The fraction of sp³-hybridized carbons (Fsp3) is 0.562. The molecule has 11 N–H and O–H groups in total. The normalized spacial score (nSPS) is 14.2. The molecule has 0 radical (unpaired) electrons. The summed E-state index contributed by atoms with van der Waals surface area (Å²) in [5.74, 6) is -8.91. The fourth-order valence-corrected chi connectivity index (χ4v) is 2.21. The number of amides is 4. The number of aliphatic hydroxyl groups excluding tert-OH is 1. The van der Waals surface area contributed by atoms with Crippen LogP contribution in [0.25, 0.3) is 0 Å². The zero-order valence-corrected chi connectivity index (χ0v) is 16.6. The maximum absolute atomic E-state index is 12.4. The first-order valence-corrected chi connectivity index (χ1v) is 9.00. The molecule has 32 heavy (non-hydrogen) atoms. The van der Waals surface area contributed by atoms with Crippen LogP contribution >= 0.6 is 0 Å². The maximum Gasteiger partial charge on any atom is 0.326 e. The minimum absolute atomic E-state index is 0.284. The average molecular weight is 463 g/mol. The number of aliphatic carboxylic acids is 3. The van der Waals surface area contributed by atoms with Gasteiger partial charge in [0, 0.05) is 6.42 Å². The molecule has 0 aliphatic carbocycles. The molecule has 0 fully saturated rings. The Hall–Kier alpha value is -3.79. The summed E-state index contributed by atoms with van der Waals surface area (Å²) >= 11 is 0. The van der Waals surface area contributed by atoms with Crippen LogP contribution in [0.2, 0.25) is 0 Å². The van der Waals surface area contributed by atoms with Crippen LogP contribution in [0.3, 0.4) is 0 Å². The molecule has 0 rings (SSSR count). The number of nitrogens with one attached hydrogen (secondary N) is 3. The first-order chi connectivity index (χ1) is 14.8. The monoisotopic (exact) mass is 463 g/mol. The van der Waals surface area contributed by atoms with Crippen LogP contribution in [0, 0.1) is 0 Å². The van der Waals surface area contributed by atoms with E-state index in [9.17, 15) is 38.7 Å². The number of carboxylic acid groups (broad SMARTS) is 3. The van der Waals surface area contributed by atoms with E-state index in [0.29, 0.717) is 0 Å². The highest BCUT2D eigenvalue weighted by molar-refractivity contribution is 5.96. The second-order valence-corrected chi connectivity index (χ2v) is 6.51. The van der Waals surface area contributed by atoms with E-state index >= 15 is 0 Å². The van der Waals surface area contributed by atoms with Crippen molar-refractivity contribution in [2.45, 2.75) is 49.9 Å². The van der Waals surface area contributed by atoms with Gasteiger partial charge in [-0.1, -0.05) is 0 Å². The molecule has 4 amide bonds. The number of hydrogen-bond donors (Lipinski definition) is 9. The van der Waals surface area contributed by atoms with Crippen LogP contribution in [-0.4, -0.2) is 92.7 Å². The maximum atomic E-state index is 12.4. The Kier molecular flexibility index (Phi) is 11.9. The number of carbonyl (C=O) groups is 7. The number of nitrogens with two attached hydrogens (primary N) is 2. The Morgan fingerprint density at radius 1 is 0.719 bits per heavy atom. The Bertz CT molecular complexity index is 757. The van der Waals surface area contributed by atoms with Gasteiger partial charge in [0.1, 0.15) is 18.1 Å². The van der Waals surface area contributed by atoms with Crippen LogP contribution in [0.1, 0.15) is 25.7 Å². The Labute approximate surface area is 180 Å². The molecule has 0 spiro atoms. The van der Waals surface area contributed by atoms with E-state index in [1.54, 1.807) is 0 Å². The predicted octanol–water partition coefficient (Wildman–Crippen LogP) is -4.94. The van der Waals surface area contributed by atoms with E-state index in [2.05, 4.69) is 5.32 Å². The summed E-state index contributed by atoms with van der Waals surface area (Å²) in [5.41, 5.74) is 10.5. The molecule has 0 aliphatic rings. The minimum atomic E-state index is -1.86. The van der Waals surface area contributed by atoms with Crippen molar-refractivity contribution in [2.24, 2.45) is 11.5 Å². The van der Waals surface area contributed by atoms with Gasteiger partial charge >= 0.3 is 17.9 Å². The standard InChI is InChI=1S/C16H25N5O11/c17-6(1-2-11(24)25)13(28)19-7(3-10(18)23)14(29)21-9(5-22)15(30)20-8(16(31)32)4-12(26)27/h6-9,22H,1-5,17H2,(H2,18,23)(H,19,28)(H,20,30)(H,21,29)(H,24,25)(H,26,27)(H,31,32). The third-order valence-corrected chi connectivity index (χ3v) is 3.85. The molecule has 16 heteroatoms. The Balaban J connectivity index is 5.26. The molecular weight excluding hydrogens is 438 g/mol. The van der Waals surface area contributed by atoms with Gasteiger partial charge in [-0.2, -0.15) is 0 Å². The number of carboxylic acids is 3. The molecule has 0 bridgehead atoms. The van der Waals surface area contributed by atoms with Gasteiger partial charge in [0.05, 0.1) is 25.5 Å². The predicted molar refractivity (Wildman–Crippen MR) is 101 cm³/mol. The molecule has 16 nitrogen and oxygen atoms in total. The molecule has 0 aromatic heterocycles. The molecular formula is C16H25N5O11. The largest absolute Gasteiger partial charge is 0.481 e. The zero-order chi connectivity index (χ0) is 25.0. The molecule has 0 heterocycles. The molecule has 4 unspecified atom stereocenters. The molecule has 180 valence electrons. The van der Waals surface area contributed by atoms with Crippen molar-refractivity contribution in [3.8, 4) is 0 Å². The van der Waals surface area contributed by atoms with Crippen LogP contribution in [0.4, 0.5) is 0 Å². The van der Waals surface area contributed by atoms with Crippen molar-refractivity contribution in [1.82, 2.24) is 16.0 Å². The highest BCUT2D eigenvalue weighted by atomic mass is 16.4. The van der Waals surface area contributed by atoms with E-state index < -0.39 is 91.6 Å². The molecule has 0 aliphatic heterocycles. The van der Waals surface area contributed by atoms with Gasteiger partial charge < -0.3 is 47.8 Å². The lowest BCUT2D eigenvalue weighted by Gasteiger charge is -2.23. The van der Waals surface area contributed by atoms with Crippen molar-refractivity contribution >= 4 is 41.5 Å². The summed E-state index contributed by atoms with van der Waals surface area (Å²) < 4.78 is 0. The van der Waals surface area contributed by atoms with Gasteiger partial charge in [0.15, 0.2) is 0 Å². The van der Waals surface area contributed by atoms with E-state index in [1.807, 2.05) is 10.6 Å². The average Bonchev–Trinajstić information content (AvgIpc) is 2.67. The lowest BCUT2D eigenvalue weighted by molar-refractivity contribution is -0.147. The molecule has 4 atom stereocenters. The first-order valence-electron chi connectivity index (χ1n) is 9.00. The third kappa shape index (κ3) is 10.8. The lowest BCUT2D eigenvalue weighted by atomic mass is 10.1. The van der Waals surface area contributed by atoms with E-state index in [1.165, 1.54) is 0 Å². The van der Waals surface area contributed by atoms with Crippen molar-refractivity contribution in [3.63, 3.8) is 0 Å². The Morgan fingerprint density at radius 3 is 1.66 bits per heavy atom. The van der Waals surface area contributed by atoms with Crippen LogP contribution in [0.5, 0.6) is 0 Å². The fourth-order valence-electron chi connectivity index (χ4n) is 2.21. The van der Waals surface area contributed by atoms with Gasteiger partial charge in [-0.25, -0.2) is 4.79 Å². The van der Waals surface area contributed by atoms with Gasteiger partial charge in [-0.05, 0) is 6.42 Å². The van der Waals surface area contributed by atoms with Crippen LogP contribution in [-0.2, 0) is 33.6 Å². The number of hydrogen-bond acceptors (Lipinski definition) is 9. The van der Waals surface area contributed by atoms with Gasteiger partial charge in [0.25, 0.3) is 0 Å². The van der Waals surface area contributed by atoms with Gasteiger partial charge in [0.2, 0.25) is 23.6 Å². The van der Waals surface area contributed by atoms with E-state index in [4.69, 9.17) is 26.8 Å². The number of primary amides is 1. The summed E-state index contributed by atoms with van der Waals surface area (Å²) in [6, 6.07) is -6.64. The molecule has 0 saturated carbocycles. The van der Waals surface area contributed by atoms with Gasteiger partial charge in [-0.15, -0.1) is 0 Å². The Morgan fingerprint density at radius 2 is 1.22 bits per heavy atom. The minimum Gasteiger partial charge on any atom is -0.481 e. The highest BCUT2D eigenvalue weighted by Gasteiger charge is 2.31. The summed E-state index contributed by atoms with van der Waals surface area (Å²) in [6.07, 6.45) is -2.47. The van der Waals surface area contributed by atoms with Gasteiger partial charge in [-0.3, -0.25) is 28.8 Å². The van der Waals surface area contributed by atoms with E-state index in [0.717, 1.165) is 0 Å². The molecule has 0 aromatic rings. The first kappa shape index (κ1) is 28.2. The van der Waals surface area contributed by atoms with Crippen molar-refractivity contribution in [1.29, 1.82) is 0 Å². The van der Waals surface area contributed by atoms with Crippen LogP contribution in [0.15, 0.2) is 0 Å². The quantitative estimate of drug-likeness (QED) is 0.110. The smallest absolute Gasteiger partial charge is 0.326 e. The van der Waals surface area contributed by atoms with Crippen molar-refractivity contribution in [2.75, 3.05) is 6.61 Å². The summed E-state index contributed by atoms with van der Waals surface area (Å²) in [5, 5.41) is 41.4. The molecule has 0 saturated heterocycles. The number of rotatable bonds is 15. The second-order valence-electron chi connectivity index (χ2n) is 6.51. The SMILES string of the molecule is NC(=O)CC(NC(=O)C(N)CCC(=O)O)C(=O)NC(CO)C(=O)NC(CC(=O)O)C(=O)O. The third-order valence-electron chi connectivity index (χ3n) is 3.85. The zero-order valence-electron chi connectivity index (χ0n) is 16.6. The topological polar surface area (TPSA) is 289 Å². The van der Waals surface area contributed by atoms with E-state index in [-0.39, 0.29) is 6.42 Å². The summed E-state index contributed by atoms with van der Waals surface area (Å²) in [4.78, 5) is 80.1. The molecule has 0 aromatic carbocycles. The summed E-state index contributed by atoms with van der Waals surface area (Å²) in [7, 11) is 0.